The fourth-order valence-corrected chi connectivity index (χ4v) is 3.19. The second kappa shape index (κ2) is 6.07. The maximum atomic E-state index is 6.19. The molecule has 0 fully saturated rings. The van der Waals surface area contributed by atoms with E-state index >= 15 is 0 Å². The number of benzene rings is 1. The smallest absolute Gasteiger partial charge is 0.135 e. The van der Waals surface area contributed by atoms with Crippen LogP contribution >= 0.6 is 0 Å². The summed E-state index contributed by atoms with van der Waals surface area (Å²) in [5, 5.41) is 6.75. The van der Waals surface area contributed by atoms with E-state index in [9.17, 15) is 0 Å². The predicted molar refractivity (Wildman–Crippen MR) is 100 cm³/mol. The van der Waals surface area contributed by atoms with Gasteiger partial charge >= 0.3 is 0 Å². The molecule has 0 amide bonds. The molecule has 0 aliphatic carbocycles. The summed E-state index contributed by atoms with van der Waals surface area (Å²) in [6, 6.07) is 6.31. The molecular formula is C19H21N5. The van der Waals surface area contributed by atoms with Crippen LogP contribution in [-0.2, 0) is 6.54 Å². The van der Waals surface area contributed by atoms with Gasteiger partial charge in [0.1, 0.15) is 11.3 Å². The van der Waals surface area contributed by atoms with Gasteiger partial charge in [-0.05, 0) is 35.8 Å². The zero-order chi connectivity index (χ0) is 16.5. The van der Waals surface area contributed by atoms with Gasteiger partial charge in [0.05, 0.1) is 17.4 Å². The van der Waals surface area contributed by atoms with E-state index in [4.69, 9.17) is 10.8 Å². The minimum Gasteiger partial charge on any atom is -0.383 e. The zero-order valence-electron chi connectivity index (χ0n) is 13.9. The molecule has 0 unspecified atom stereocenters. The lowest BCUT2D eigenvalue weighted by Crippen LogP contribution is -1.97. The van der Waals surface area contributed by atoms with Gasteiger partial charge in [-0.1, -0.05) is 25.8 Å². The summed E-state index contributed by atoms with van der Waals surface area (Å²) in [7, 11) is 0. The van der Waals surface area contributed by atoms with E-state index in [-0.39, 0.29) is 0 Å². The number of nitrogens with zero attached hydrogens (tertiary/aromatic N) is 4. The van der Waals surface area contributed by atoms with Crippen molar-refractivity contribution in [3.05, 3.63) is 36.0 Å². The van der Waals surface area contributed by atoms with E-state index in [1.54, 1.807) is 0 Å². The number of aromatic nitrogens is 3. The largest absolute Gasteiger partial charge is 0.383 e. The SMILES string of the molecule is CCCCCn1cc2c(N)nc3cc(C4=CC=NC4)ccc3c2n1. The van der Waals surface area contributed by atoms with E-state index in [2.05, 4.69) is 35.1 Å². The number of pyridine rings is 1. The number of fused-ring (bicyclic) bond motifs is 3. The standard InChI is InChI=1S/C19H21N5/c1-2-3-4-9-24-12-16-18(23-24)15-6-5-13(14-7-8-21-11-14)10-17(15)22-19(16)20/h5-8,10,12H,2-4,9,11H2,1H3,(H2,20,22). The molecule has 122 valence electrons. The molecule has 0 bridgehead atoms. The summed E-state index contributed by atoms with van der Waals surface area (Å²) in [5.74, 6) is 0.549. The molecule has 0 spiro atoms. The molecule has 3 heterocycles. The normalized spacial score (nSPS) is 14.0. The van der Waals surface area contributed by atoms with Gasteiger partial charge in [-0.2, -0.15) is 5.10 Å². The van der Waals surface area contributed by atoms with Crippen molar-refractivity contribution in [2.24, 2.45) is 4.99 Å². The van der Waals surface area contributed by atoms with Crippen LogP contribution in [0.5, 0.6) is 0 Å². The molecule has 2 aromatic heterocycles. The van der Waals surface area contributed by atoms with Gasteiger partial charge in [-0.25, -0.2) is 4.98 Å². The molecule has 1 aromatic carbocycles. The molecule has 24 heavy (non-hydrogen) atoms. The first-order chi connectivity index (χ1) is 11.8. The van der Waals surface area contributed by atoms with Gasteiger partial charge in [0.25, 0.3) is 0 Å². The van der Waals surface area contributed by atoms with Crippen LogP contribution in [0.2, 0.25) is 0 Å². The third-order valence-corrected chi connectivity index (χ3v) is 4.54. The number of hydrogen-bond donors (Lipinski definition) is 1. The lowest BCUT2D eigenvalue weighted by atomic mass is 10.0. The van der Waals surface area contributed by atoms with E-state index < -0.39 is 0 Å². The van der Waals surface area contributed by atoms with Gasteiger partial charge in [-0.3, -0.25) is 9.67 Å². The van der Waals surface area contributed by atoms with E-state index in [0.717, 1.165) is 46.9 Å². The molecule has 3 aromatic rings. The number of nitrogen functional groups attached to an aromatic ring is 1. The van der Waals surface area contributed by atoms with Crippen molar-refractivity contribution in [3.8, 4) is 0 Å². The molecule has 0 radical (unpaired) electrons. The van der Waals surface area contributed by atoms with E-state index in [1.165, 1.54) is 18.4 Å². The second-order valence-electron chi connectivity index (χ2n) is 6.27. The summed E-state index contributed by atoms with van der Waals surface area (Å²) in [4.78, 5) is 8.85. The van der Waals surface area contributed by atoms with Crippen LogP contribution in [0.3, 0.4) is 0 Å². The second-order valence-corrected chi connectivity index (χ2v) is 6.27. The Bertz CT molecular complexity index is 965. The van der Waals surface area contributed by atoms with Gasteiger partial charge in [-0.15, -0.1) is 0 Å². The first-order valence-corrected chi connectivity index (χ1v) is 8.52. The molecule has 5 heteroatoms. The van der Waals surface area contributed by atoms with Gasteiger partial charge in [0.2, 0.25) is 0 Å². The van der Waals surface area contributed by atoms with E-state index in [1.807, 2.05) is 23.2 Å². The molecule has 0 saturated carbocycles. The molecule has 0 atom stereocenters. The van der Waals surface area contributed by atoms with Crippen molar-refractivity contribution in [3.63, 3.8) is 0 Å². The van der Waals surface area contributed by atoms with E-state index in [0.29, 0.717) is 5.82 Å². The number of rotatable bonds is 5. The maximum Gasteiger partial charge on any atom is 0.135 e. The van der Waals surface area contributed by atoms with Crippen molar-refractivity contribution in [1.82, 2.24) is 14.8 Å². The van der Waals surface area contributed by atoms with Crippen molar-refractivity contribution in [1.29, 1.82) is 0 Å². The molecule has 4 rings (SSSR count). The summed E-state index contributed by atoms with van der Waals surface area (Å²) < 4.78 is 2.00. The average molecular weight is 319 g/mol. The Morgan fingerprint density at radius 1 is 1.21 bits per heavy atom. The number of anilines is 1. The quantitative estimate of drug-likeness (QED) is 0.727. The zero-order valence-corrected chi connectivity index (χ0v) is 13.9. The number of hydrogen-bond acceptors (Lipinski definition) is 4. The highest BCUT2D eigenvalue weighted by atomic mass is 15.3. The minimum absolute atomic E-state index is 0.549. The monoisotopic (exact) mass is 319 g/mol. The van der Waals surface area contributed by atoms with Crippen LogP contribution in [-0.4, -0.2) is 27.5 Å². The van der Waals surface area contributed by atoms with Crippen molar-refractivity contribution in [2.45, 2.75) is 32.7 Å². The summed E-state index contributed by atoms with van der Waals surface area (Å²) >= 11 is 0. The number of unbranched alkanes of at least 4 members (excludes halogenated alkanes) is 2. The van der Waals surface area contributed by atoms with Gasteiger partial charge in [0.15, 0.2) is 0 Å². The maximum absolute atomic E-state index is 6.19. The summed E-state index contributed by atoms with van der Waals surface area (Å²) in [6.07, 6.45) is 9.47. The highest BCUT2D eigenvalue weighted by Crippen LogP contribution is 2.29. The third kappa shape index (κ3) is 2.56. The van der Waals surface area contributed by atoms with Crippen LogP contribution in [0.15, 0.2) is 35.5 Å². The Labute approximate surface area is 140 Å². The summed E-state index contributed by atoms with van der Waals surface area (Å²) in [6.45, 7) is 3.86. The van der Waals surface area contributed by atoms with Gasteiger partial charge in [0, 0.05) is 24.3 Å². The fourth-order valence-electron chi connectivity index (χ4n) is 3.19. The molecule has 1 aliphatic heterocycles. The third-order valence-electron chi connectivity index (χ3n) is 4.54. The lowest BCUT2D eigenvalue weighted by Gasteiger charge is -2.05. The highest BCUT2D eigenvalue weighted by Gasteiger charge is 2.12. The van der Waals surface area contributed by atoms with Crippen molar-refractivity contribution in [2.75, 3.05) is 12.3 Å². The Balaban J connectivity index is 1.78. The predicted octanol–water partition coefficient (Wildman–Crippen LogP) is 3.82. The first kappa shape index (κ1) is 14.9. The van der Waals surface area contributed by atoms with Crippen LogP contribution in [0.1, 0.15) is 31.7 Å². The number of aliphatic imine (C=N–C) groups is 1. The van der Waals surface area contributed by atoms with Crippen LogP contribution < -0.4 is 5.73 Å². The van der Waals surface area contributed by atoms with Gasteiger partial charge < -0.3 is 5.73 Å². The Morgan fingerprint density at radius 3 is 2.92 bits per heavy atom. The minimum atomic E-state index is 0.549. The van der Waals surface area contributed by atoms with Crippen molar-refractivity contribution < 1.29 is 0 Å². The highest BCUT2D eigenvalue weighted by molar-refractivity contribution is 6.08. The van der Waals surface area contributed by atoms with Crippen LogP contribution in [0, 0.1) is 0 Å². The van der Waals surface area contributed by atoms with Crippen LogP contribution in [0.25, 0.3) is 27.4 Å². The number of allylic oxidation sites excluding steroid dienone is 1. The Hall–Kier alpha value is -2.69. The molecular weight excluding hydrogens is 298 g/mol. The Kier molecular flexibility index (Phi) is 3.76. The first-order valence-electron chi connectivity index (χ1n) is 8.52. The molecule has 2 N–H and O–H groups in total. The average Bonchev–Trinajstić information content (AvgIpc) is 3.25. The summed E-state index contributed by atoms with van der Waals surface area (Å²) in [5.41, 5.74) is 10.4. The fraction of sp³-hybridized carbons (Fsp3) is 0.316. The molecule has 1 aliphatic rings. The Morgan fingerprint density at radius 2 is 2.12 bits per heavy atom. The van der Waals surface area contributed by atoms with Crippen molar-refractivity contribution >= 4 is 39.4 Å². The topological polar surface area (TPSA) is 69.1 Å². The van der Waals surface area contributed by atoms with Crippen LogP contribution in [0.4, 0.5) is 5.82 Å². The number of nitrogens with two attached hydrogens (primary N) is 1. The molecule has 0 saturated heterocycles. The molecule has 5 nitrogen and oxygen atoms in total. The lowest BCUT2D eigenvalue weighted by molar-refractivity contribution is 0.557. The number of aryl methyl sites for hydroxylation is 1.